The molecular weight excluding hydrogens is 204 g/mol. The van der Waals surface area contributed by atoms with Crippen LogP contribution in [-0.4, -0.2) is 23.3 Å². The zero-order valence-corrected chi connectivity index (χ0v) is 11.2. The molecule has 0 bridgehead atoms. The molecule has 0 fully saturated rings. The van der Waals surface area contributed by atoms with Gasteiger partial charge in [-0.05, 0) is 12.8 Å². The molecule has 0 rings (SSSR count). The third-order valence-electron chi connectivity index (χ3n) is 2.92. The van der Waals surface area contributed by atoms with Gasteiger partial charge < -0.3 is 9.84 Å². The minimum Gasteiger partial charge on any atom is -0.462 e. The van der Waals surface area contributed by atoms with Gasteiger partial charge in [0.25, 0.3) is 0 Å². The van der Waals surface area contributed by atoms with Crippen LogP contribution in [0.1, 0.15) is 53.9 Å². The number of hydrogen-bond acceptors (Lipinski definition) is 3. The minimum absolute atomic E-state index is 0.00708. The molecule has 0 aromatic carbocycles. The summed E-state index contributed by atoms with van der Waals surface area (Å²) < 4.78 is 5.44. The van der Waals surface area contributed by atoms with Crippen LogP contribution in [0.15, 0.2) is 0 Å². The second-order valence-electron chi connectivity index (χ2n) is 4.75. The molecule has 3 heteroatoms. The summed E-state index contributed by atoms with van der Waals surface area (Å²) in [4.78, 5) is 11.5. The van der Waals surface area contributed by atoms with Gasteiger partial charge in [-0.25, -0.2) is 0 Å². The number of aliphatic hydroxyl groups excluding tert-OH is 1. The van der Waals surface area contributed by atoms with Crippen LogP contribution in [0, 0.1) is 11.8 Å². The number of carbonyl (C=O) groups excluding carboxylic acids is 1. The Balaban J connectivity index is 4.42. The number of ether oxygens (including phenoxy) is 1. The fraction of sp³-hybridized carbons (Fsp3) is 0.923. The topological polar surface area (TPSA) is 46.5 Å². The van der Waals surface area contributed by atoms with Gasteiger partial charge >= 0.3 is 5.97 Å². The van der Waals surface area contributed by atoms with E-state index in [9.17, 15) is 9.90 Å². The highest BCUT2D eigenvalue weighted by molar-refractivity contribution is 5.71. The molecule has 0 aliphatic heterocycles. The van der Waals surface area contributed by atoms with Crippen LogP contribution in [-0.2, 0) is 9.53 Å². The molecule has 96 valence electrons. The number of rotatable bonds is 7. The normalized spacial score (nSPS) is 16.9. The Labute approximate surface area is 99.2 Å². The van der Waals surface area contributed by atoms with Gasteiger partial charge in [0, 0.05) is 5.92 Å². The molecule has 0 aromatic heterocycles. The molecule has 1 N–H and O–H groups in total. The van der Waals surface area contributed by atoms with Crippen LogP contribution < -0.4 is 0 Å². The molecule has 3 nitrogen and oxygen atoms in total. The highest BCUT2D eigenvalue weighted by Gasteiger charge is 2.26. The van der Waals surface area contributed by atoms with Crippen LogP contribution >= 0.6 is 0 Å². The van der Waals surface area contributed by atoms with E-state index in [0.717, 1.165) is 12.8 Å². The van der Waals surface area contributed by atoms with Crippen LogP contribution in [0.5, 0.6) is 0 Å². The molecule has 0 unspecified atom stereocenters. The summed E-state index contributed by atoms with van der Waals surface area (Å²) >= 11 is 0. The lowest BCUT2D eigenvalue weighted by atomic mass is 9.93. The van der Waals surface area contributed by atoms with Gasteiger partial charge in [-0.2, -0.15) is 0 Å². The van der Waals surface area contributed by atoms with Gasteiger partial charge in [-0.1, -0.05) is 41.0 Å². The molecule has 0 aromatic rings. The number of carbonyl (C=O) groups is 1. The second-order valence-corrected chi connectivity index (χ2v) is 4.75. The summed E-state index contributed by atoms with van der Waals surface area (Å²) in [6.07, 6.45) is 1.92. The molecule has 0 aliphatic rings. The quantitative estimate of drug-likeness (QED) is 0.684. The van der Waals surface area contributed by atoms with E-state index in [1.165, 1.54) is 0 Å². The average Bonchev–Trinajstić information content (AvgIpc) is 2.26. The first-order chi connectivity index (χ1) is 7.43. The predicted molar refractivity (Wildman–Crippen MR) is 65.1 cm³/mol. The van der Waals surface area contributed by atoms with Crippen molar-refractivity contribution in [3.63, 3.8) is 0 Å². The molecule has 3 atom stereocenters. The van der Waals surface area contributed by atoms with Gasteiger partial charge in [0.15, 0.2) is 0 Å². The summed E-state index contributed by atoms with van der Waals surface area (Å²) in [5.41, 5.74) is 0. The number of hydrogen-bond donors (Lipinski definition) is 1. The Morgan fingerprint density at radius 1 is 1.25 bits per heavy atom. The van der Waals surface area contributed by atoms with E-state index in [4.69, 9.17) is 4.74 Å². The first-order valence-electron chi connectivity index (χ1n) is 6.32. The van der Waals surface area contributed by atoms with Gasteiger partial charge in [0.05, 0.1) is 12.0 Å². The Hall–Kier alpha value is -0.570. The highest BCUT2D eigenvalue weighted by atomic mass is 16.5. The van der Waals surface area contributed by atoms with Crippen molar-refractivity contribution in [2.45, 2.75) is 66.1 Å². The highest BCUT2D eigenvalue weighted by Crippen LogP contribution is 2.20. The fourth-order valence-corrected chi connectivity index (χ4v) is 1.62. The lowest BCUT2D eigenvalue weighted by Crippen LogP contribution is -2.34. The molecule has 0 saturated heterocycles. The van der Waals surface area contributed by atoms with Gasteiger partial charge in [0.2, 0.25) is 0 Å². The zero-order valence-electron chi connectivity index (χ0n) is 11.2. The summed E-state index contributed by atoms with van der Waals surface area (Å²) in [7, 11) is 0. The van der Waals surface area contributed by atoms with E-state index in [0.29, 0.717) is 6.42 Å². The zero-order chi connectivity index (χ0) is 12.7. The van der Waals surface area contributed by atoms with Crippen molar-refractivity contribution in [2.75, 3.05) is 0 Å². The van der Waals surface area contributed by atoms with Crippen molar-refractivity contribution in [3.05, 3.63) is 0 Å². The Bertz CT molecular complexity index is 201. The standard InChI is InChI=1S/C13H26O3/c1-6-8-12(10(5)11(14)7-2)16-13(15)9(3)4/h9-12,14H,6-8H2,1-5H3/t10-,11-,12-/m0/s1. The van der Waals surface area contributed by atoms with Crippen LogP contribution in [0.3, 0.4) is 0 Å². The van der Waals surface area contributed by atoms with E-state index < -0.39 is 6.10 Å². The van der Waals surface area contributed by atoms with E-state index in [2.05, 4.69) is 6.92 Å². The van der Waals surface area contributed by atoms with Gasteiger partial charge in [-0.3, -0.25) is 4.79 Å². The number of aliphatic hydroxyl groups is 1. The maximum Gasteiger partial charge on any atom is 0.308 e. The van der Waals surface area contributed by atoms with Gasteiger partial charge in [0.1, 0.15) is 6.10 Å². The second kappa shape index (κ2) is 7.66. The third-order valence-corrected chi connectivity index (χ3v) is 2.92. The smallest absolute Gasteiger partial charge is 0.308 e. The lowest BCUT2D eigenvalue weighted by Gasteiger charge is -2.27. The van der Waals surface area contributed by atoms with Crippen molar-refractivity contribution in [3.8, 4) is 0 Å². The monoisotopic (exact) mass is 230 g/mol. The molecule has 0 radical (unpaired) electrons. The van der Waals surface area contributed by atoms with Crippen molar-refractivity contribution in [2.24, 2.45) is 11.8 Å². The lowest BCUT2D eigenvalue weighted by molar-refractivity contribution is -0.158. The molecule has 0 spiro atoms. The van der Waals surface area contributed by atoms with Gasteiger partial charge in [-0.15, -0.1) is 0 Å². The summed E-state index contributed by atoms with van der Waals surface area (Å²) in [6, 6.07) is 0. The molecule has 0 aliphatic carbocycles. The third kappa shape index (κ3) is 4.97. The van der Waals surface area contributed by atoms with E-state index in [-0.39, 0.29) is 23.9 Å². The predicted octanol–water partition coefficient (Wildman–Crippen LogP) is 2.76. The first kappa shape index (κ1) is 15.4. The summed E-state index contributed by atoms with van der Waals surface area (Å²) in [6.45, 7) is 9.59. The van der Waals surface area contributed by atoms with Crippen LogP contribution in [0.25, 0.3) is 0 Å². The SMILES string of the molecule is CCC[C@H](OC(=O)C(C)C)[C@@H](C)[C@@H](O)CC. The van der Waals surface area contributed by atoms with Crippen molar-refractivity contribution < 1.29 is 14.6 Å². The average molecular weight is 230 g/mol. The minimum atomic E-state index is -0.392. The fourth-order valence-electron chi connectivity index (χ4n) is 1.62. The molecule has 16 heavy (non-hydrogen) atoms. The Morgan fingerprint density at radius 2 is 1.81 bits per heavy atom. The largest absolute Gasteiger partial charge is 0.462 e. The van der Waals surface area contributed by atoms with E-state index >= 15 is 0 Å². The van der Waals surface area contributed by atoms with Crippen molar-refractivity contribution >= 4 is 5.97 Å². The molecule has 0 saturated carbocycles. The van der Waals surface area contributed by atoms with Crippen molar-refractivity contribution in [1.82, 2.24) is 0 Å². The summed E-state index contributed by atoms with van der Waals surface area (Å²) in [5, 5.41) is 9.78. The van der Waals surface area contributed by atoms with E-state index in [1.807, 2.05) is 27.7 Å². The summed E-state index contributed by atoms with van der Waals surface area (Å²) in [5.74, 6) is -0.272. The molecular formula is C13H26O3. The maximum atomic E-state index is 11.5. The number of esters is 1. The molecule has 0 amide bonds. The Morgan fingerprint density at radius 3 is 2.19 bits per heavy atom. The first-order valence-corrected chi connectivity index (χ1v) is 6.32. The van der Waals surface area contributed by atoms with Crippen LogP contribution in [0.2, 0.25) is 0 Å². The maximum absolute atomic E-state index is 11.5. The van der Waals surface area contributed by atoms with Crippen molar-refractivity contribution in [1.29, 1.82) is 0 Å². The van der Waals surface area contributed by atoms with E-state index in [1.54, 1.807) is 0 Å². The van der Waals surface area contributed by atoms with Crippen LogP contribution in [0.4, 0.5) is 0 Å². The molecule has 0 heterocycles. The Kier molecular flexibility index (Phi) is 7.39.